The molecule has 0 aliphatic heterocycles. The fraction of sp³-hybridized carbons (Fsp3) is 0.213. The van der Waals surface area contributed by atoms with Crippen molar-refractivity contribution in [1.82, 2.24) is 34.4 Å². The number of amides is 1. The summed E-state index contributed by atoms with van der Waals surface area (Å²) in [4.78, 5) is 34.4. The lowest BCUT2D eigenvalue weighted by molar-refractivity contribution is -0.123. The van der Waals surface area contributed by atoms with Crippen molar-refractivity contribution in [2.45, 2.75) is 43.7 Å². The number of rotatable bonds is 12. The molecule has 2 N–H and O–H groups in total. The van der Waals surface area contributed by atoms with Crippen LogP contribution in [0.5, 0.6) is 0 Å². The van der Waals surface area contributed by atoms with Crippen LogP contribution in [0.3, 0.4) is 0 Å². The SMILES string of the molecule is CSNc1nn(C)c2c(-n3c(C(Cc4cc(F)cc(F)c4)NC(=O)Cn4nc(C(F)F)c5c4C(F)(F)C4CC54)nc4cc(-c5ccc(-c6ccccc6)cc5)ccc4c3=O)ccc(Cl)c12. The third-order valence-electron chi connectivity index (χ3n) is 12.0. The average Bonchev–Trinajstić information content (AvgIpc) is 3.81. The fourth-order valence-electron chi connectivity index (χ4n) is 9.17. The molecule has 2 aliphatic carbocycles. The highest BCUT2D eigenvalue weighted by molar-refractivity contribution is 7.99. The molecule has 8 aromatic rings. The van der Waals surface area contributed by atoms with Crippen molar-refractivity contribution in [3.05, 3.63) is 158 Å². The van der Waals surface area contributed by atoms with Gasteiger partial charge in [0.2, 0.25) is 5.91 Å². The van der Waals surface area contributed by atoms with Crippen molar-refractivity contribution in [3.63, 3.8) is 0 Å². The van der Waals surface area contributed by atoms with Crippen molar-refractivity contribution >= 4 is 57.1 Å². The molecule has 10 nitrogen and oxygen atoms in total. The Kier molecular flexibility index (Phi) is 10.5. The molecule has 0 saturated heterocycles. The molecule has 1 amide bonds. The third-order valence-corrected chi connectivity index (χ3v) is 12.8. The quantitative estimate of drug-likeness (QED) is 0.0927. The lowest BCUT2D eigenvalue weighted by Gasteiger charge is -2.24. The highest BCUT2D eigenvalue weighted by Crippen LogP contribution is 2.68. The van der Waals surface area contributed by atoms with Crippen molar-refractivity contribution < 1.29 is 31.1 Å². The van der Waals surface area contributed by atoms with Crippen molar-refractivity contribution in [2.75, 3.05) is 11.0 Å². The van der Waals surface area contributed by atoms with Crippen molar-refractivity contribution in [2.24, 2.45) is 13.0 Å². The van der Waals surface area contributed by atoms with Crippen LogP contribution in [0.4, 0.5) is 32.2 Å². The van der Waals surface area contributed by atoms with Crippen LogP contribution in [0.1, 0.15) is 53.1 Å². The zero-order valence-electron chi connectivity index (χ0n) is 34.3. The Morgan fingerprint density at radius 2 is 1.58 bits per heavy atom. The molecule has 1 fully saturated rings. The van der Waals surface area contributed by atoms with Gasteiger partial charge in [-0.15, -0.1) is 0 Å². The minimum absolute atomic E-state index is 0.0270. The Morgan fingerprint density at radius 1 is 0.908 bits per heavy atom. The minimum atomic E-state index is -3.51. The molecule has 65 heavy (non-hydrogen) atoms. The van der Waals surface area contributed by atoms with Crippen LogP contribution in [-0.4, -0.2) is 41.3 Å². The van der Waals surface area contributed by atoms with E-state index in [0.29, 0.717) is 38.1 Å². The molecule has 1 saturated carbocycles. The van der Waals surface area contributed by atoms with Gasteiger partial charge in [-0.25, -0.2) is 22.5 Å². The van der Waals surface area contributed by atoms with E-state index in [1.165, 1.54) is 21.2 Å². The van der Waals surface area contributed by atoms with Gasteiger partial charge in [0.1, 0.15) is 35.4 Å². The summed E-state index contributed by atoms with van der Waals surface area (Å²) < 4.78 is 95.7. The molecule has 5 aromatic carbocycles. The minimum Gasteiger partial charge on any atom is -0.344 e. The molecule has 330 valence electrons. The maximum Gasteiger partial charge on any atom is 0.293 e. The van der Waals surface area contributed by atoms with Gasteiger partial charge < -0.3 is 10.0 Å². The number of anilines is 1. The van der Waals surface area contributed by atoms with Crippen LogP contribution >= 0.6 is 23.5 Å². The Balaban J connectivity index is 1.15. The molecule has 2 aliphatic rings. The van der Waals surface area contributed by atoms with Gasteiger partial charge in [0.05, 0.1) is 38.6 Å². The molecule has 0 radical (unpaired) electrons. The number of aromatic nitrogens is 6. The van der Waals surface area contributed by atoms with Crippen LogP contribution in [0.15, 0.2) is 108 Å². The van der Waals surface area contributed by atoms with Crippen LogP contribution in [0, 0.1) is 17.6 Å². The highest BCUT2D eigenvalue weighted by Gasteiger charge is 2.67. The first-order valence-electron chi connectivity index (χ1n) is 20.4. The summed E-state index contributed by atoms with van der Waals surface area (Å²) in [5, 5.41) is 12.1. The Morgan fingerprint density at radius 3 is 2.28 bits per heavy atom. The van der Waals surface area contributed by atoms with Gasteiger partial charge in [-0.2, -0.15) is 19.0 Å². The second-order valence-corrected chi connectivity index (χ2v) is 17.2. The molecule has 3 aromatic heterocycles. The maximum absolute atomic E-state index is 15.6. The van der Waals surface area contributed by atoms with E-state index in [-0.39, 0.29) is 46.4 Å². The number of fused-ring (bicyclic) bond motifs is 5. The average molecular weight is 925 g/mol. The predicted octanol–water partition coefficient (Wildman–Crippen LogP) is 10.7. The van der Waals surface area contributed by atoms with Crippen LogP contribution < -0.4 is 15.6 Å². The van der Waals surface area contributed by atoms with E-state index in [0.717, 1.165) is 28.8 Å². The Labute approximate surface area is 375 Å². The number of hydrogen-bond acceptors (Lipinski definition) is 7. The molecule has 3 atom stereocenters. The standard InChI is InChI=1S/C47H35ClF6N8O2S/c1-60-41-36(15-14-33(48)39(41)44(58-60)59-65-2)62-45(56-34-19-27(12-13-30(34)46(62)64)26-10-8-25(9-11-26)24-6-4-3-5-7-24)35(18-23-16-28(49)20-29(50)17-23)55-37(63)22-61-42-38(40(57-61)43(51)52)31-21-32(31)47(42,53)54/h3-17,19-20,31-32,35,43H,18,21-22H2,1-2H3,(H,55,63)(H,58,59). The van der Waals surface area contributed by atoms with E-state index in [4.69, 9.17) is 16.6 Å². The Bertz CT molecular complexity index is 3250. The van der Waals surface area contributed by atoms with E-state index >= 15 is 13.6 Å². The van der Waals surface area contributed by atoms with E-state index < -0.39 is 71.3 Å². The first kappa shape index (κ1) is 42.4. The van der Waals surface area contributed by atoms with Gasteiger partial charge >= 0.3 is 0 Å². The number of nitrogens with one attached hydrogen (secondary N) is 2. The summed E-state index contributed by atoms with van der Waals surface area (Å²) in [6.07, 6.45) is -1.73. The zero-order valence-corrected chi connectivity index (χ0v) is 35.9. The van der Waals surface area contributed by atoms with Crippen LogP contribution in [-0.2, 0) is 30.7 Å². The smallest absolute Gasteiger partial charge is 0.293 e. The van der Waals surface area contributed by atoms with E-state index in [1.807, 2.05) is 54.6 Å². The summed E-state index contributed by atoms with van der Waals surface area (Å²) in [5.74, 6) is -8.03. The number of carbonyl (C=O) groups is 1. The van der Waals surface area contributed by atoms with Gasteiger partial charge in [0, 0.05) is 37.3 Å². The fourth-order valence-corrected chi connectivity index (χ4v) is 9.74. The first-order valence-corrected chi connectivity index (χ1v) is 22.0. The second-order valence-electron chi connectivity index (χ2n) is 16.1. The topological polar surface area (TPSA) is 112 Å². The number of halogens is 7. The van der Waals surface area contributed by atoms with Crippen molar-refractivity contribution in [3.8, 4) is 27.9 Å². The molecule has 18 heteroatoms. The molecular weight excluding hydrogens is 890 g/mol. The molecule has 10 rings (SSSR count). The number of nitrogens with zero attached hydrogens (tertiary/aromatic N) is 6. The van der Waals surface area contributed by atoms with Gasteiger partial charge in [-0.1, -0.05) is 84.2 Å². The number of benzene rings is 5. The van der Waals surface area contributed by atoms with Gasteiger partial charge in [-0.05, 0) is 76.6 Å². The van der Waals surface area contributed by atoms with E-state index in [9.17, 15) is 22.4 Å². The van der Waals surface area contributed by atoms with Gasteiger partial charge in [0.25, 0.3) is 17.9 Å². The normalized spacial score (nSPS) is 16.5. The predicted molar refractivity (Wildman–Crippen MR) is 238 cm³/mol. The number of hydrogen-bond donors (Lipinski definition) is 2. The van der Waals surface area contributed by atoms with Crippen LogP contribution in [0.2, 0.25) is 5.02 Å². The van der Waals surface area contributed by atoms with E-state index in [2.05, 4.69) is 20.2 Å². The first-order chi connectivity index (χ1) is 31.2. The van der Waals surface area contributed by atoms with Gasteiger partial charge in [0.15, 0.2) is 5.82 Å². The zero-order chi connectivity index (χ0) is 45.5. The number of carbonyl (C=O) groups excluding carboxylic acids is 1. The van der Waals surface area contributed by atoms with Crippen molar-refractivity contribution in [1.29, 1.82) is 0 Å². The largest absolute Gasteiger partial charge is 0.344 e. The molecule has 0 spiro atoms. The Hall–Kier alpha value is -6.59. The van der Waals surface area contributed by atoms with Gasteiger partial charge in [-0.3, -0.25) is 23.5 Å². The monoisotopic (exact) mass is 924 g/mol. The van der Waals surface area contributed by atoms with E-state index in [1.54, 1.807) is 43.6 Å². The molecule has 0 bridgehead atoms. The highest BCUT2D eigenvalue weighted by atomic mass is 35.5. The summed E-state index contributed by atoms with van der Waals surface area (Å²) in [5.41, 5.74) is 1.93. The molecule has 3 heterocycles. The lowest BCUT2D eigenvalue weighted by atomic mass is 9.99. The summed E-state index contributed by atoms with van der Waals surface area (Å²) in [6, 6.07) is 27.2. The number of aryl methyl sites for hydroxylation is 1. The summed E-state index contributed by atoms with van der Waals surface area (Å²) in [7, 11) is 1.65. The molecular formula is C47H35ClF6N8O2S. The van der Waals surface area contributed by atoms with Crippen LogP contribution in [0.25, 0.3) is 49.7 Å². The number of alkyl halides is 4. The molecule has 3 unspecified atom stereocenters. The summed E-state index contributed by atoms with van der Waals surface area (Å²) in [6.45, 7) is -0.921. The summed E-state index contributed by atoms with van der Waals surface area (Å²) >= 11 is 8.02. The lowest BCUT2D eigenvalue weighted by Crippen LogP contribution is -2.38. The second kappa shape index (κ2) is 16.1. The maximum atomic E-state index is 15.6. The third kappa shape index (κ3) is 7.39.